The minimum atomic E-state index is -3.47. The summed E-state index contributed by atoms with van der Waals surface area (Å²) in [5, 5.41) is 0. The zero-order chi connectivity index (χ0) is 19.0. The highest BCUT2D eigenvalue weighted by molar-refractivity contribution is 7.89. The summed E-state index contributed by atoms with van der Waals surface area (Å²) >= 11 is 0. The Bertz CT molecular complexity index is 839. The lowest BCUT2D eigenvalue weighted by Crippen LogP contribution is -2.30. The van der Waals surface area contributed by atoms with Crippen LogP contribution in [0.4, 0.5) is 0 Å². The van der Waals surface area contributed by atoms with Gasteiger partial charge in [0.2, 0.25) is 10.0 Å². The maximum absolute atomic E-state index is 12.4. The molecule has 0 aliphatic heterocycles. The van der Waals surface area contributed by atoms with Crippen LogP contribution < -0.4 is 0 Å². The van der Waals surface area contributed by atoms with Gasteiger partial charge in [-0.1, -0.05) is 56.3 Å². The summed E-state index contributed by atoms with van der Waals surface area (Å²) in [6.07, 6.45) is 2.93. The van der Waals surface area contributed by atoms with Crippen molar-refractivity contribution in [2.45, 2.75) is 25.3 Å². The number of rotatable bonds is 8. The Morgan fingerprint density at radius 1 is 1.00 bits per heavy atom. The zero-order valence-corrected chi connectivity index (χ0v) is 15.8. The van der Waals surface area contributed by atoms with Gasteiger partial charge in [0.1, 0.15) is 6.61 Å². The number of carbonyl (C=O) groups is 1. The molecule has 0 heterocycles. The standard InChI is InChI=1S/C20H23NO4S/c1-3-21(4-2)26(23,24)19-13-10-17(11-14-19)12-15-20(22)25-16-18-8-6-5-7-9-18/h5-15H,3-4,16H2,1-2H3/b15-12+. The molecule has 138 valence electrons. The van der Waals surface area contributed by atoms with Gasteiger partial charge < -0.3 is 4.74 Å². The van der Waals surface area contributed by atoms with Crippen LogP contribution >= 0.6 is 0 Å². The van der Waals surface area contributed by atoms with E-state index in [2.05, 4.69) is 0 Å². The molecule has 0 saturated carbocycles. The molecule has 0 atom stereocenters. The maximum Gasteiger partial charge on any atom is 0.331 e. The molecule has 0 aliphatic carbocycles. The summed E-state index contributed by atoms with van der Waals surface area (Å²) in [5.41, 5.74) is 1.64. The number of ether oxygens (including phenoxy) is 1. The molecule has 0 aliphatic rings. The van der Waals surface area contributed by atoms with Crippen LogP contribution in [0.2, 0.25) is 0 Å². The van der Waals surface area contributed by atoms with E-state index in [9.17, 15) is 13.2 Å². The van der Waals surface area contributed by atoms with E-state index in [0.717, 1.165) is 11.1 Å². The number of benzene rings is 2. The first-order valence-electron chi connectivity index (χ1n) is 8.46. The van der Waals surface area contributed by atoms with Gasteiger partial charge in [0.15, 0.2) is 0 Å². The number of hydrogen-bond donors (Lipinski definition) is 0. The monoisotopic (exact) mass is 373 g/mol. The van der Waals surface area contributed by atoms with Crippen LogP contribution in [0.1, 0.15) is 25.0 Å². The van der Waals surface area contributed by atoms with Crippen molar-refractivity contribution in [3.05, 3.63) is 71.8 Å². The van der Waals surface area contributed by atoms with Gasteiger partial charge in [0.05, 0.1) is 4.90 Å². The molecule has 0 radical (unpaired) electrons. The number of carbonyl (C=O) groups excluding carboxylic acids is 1. The molecule has 0 aromatic heterocycles. The molecule has 0 fully saturated rings. The summed E-state index contributed by atoms with van der Waals surface area (Å²) in [7, 11) is -3.47. The molecular formula is C20H23NO4S. The van der Waals surface area contributed by atoms with Crippen molar-refractivity contribution in [3.63, 3.8) is 0 Å². The summed E-state index contributed by atoms with van der Waals surface area (Å²) in [6, 6.07) is 15.8. The van der Waals surface area contributed by atoms with Gasteiger partial charge in [-0.25, -0.2) is 13.2 Å². The number of hydrogen-bond acceptors (Lipinski definition) is 4. The molecular weight excluding hydrogens is 350 g/mol. The van der Waals surface area contributed by atoms with Crippen LogP contribution in [-0.2, 0) is 26.2 Å². The van der Waals surface area contributed by atoms with Crippen molar-refractivity contribution in [1.82, 2.24) is 4.31 Å². The van der Waals surface area contributed by atoms with Gasteiger partial charge in [-0.05, 0) is 29.3 Å². The topological polar surface area (TPSA) is 63.7 Å². The van der Waals surface area contributed by atoms with Crippen LogP contribution in [0.3, 0.4) is 0 Å². The van der Waals surface area contributed by atoms with Crippen molar-refractivity contribution in [2.24, 2.45) is 0 Å². The summed E-state index contributed by atoms with van der Waals surface area (Å²) in [6.45, 7) is 4.67. The molecule has 0 unspecified atom stereocenters. The summed E-state index contributed by atoms with van der Waals surface area (Å²) in [5.74, 6) is -0.450. The van der Waals surface area contributed by atoms with E-state index in [-0.39, 0.29) is 11.5 Å². The Balaban J connectivity index is 1.98. The summed E-state index contributed by atoms with van der Waals surface area (Å²) in [4.78, 5) is 12.0. The third kappa shape index (κ3) is 5.28. The van der Waals surface area contributed by atoms with Crippen LogP contribution in [-0.4, -0.2) is 31.8 Å². The number of esters is 1. The molecule has 26 heavy (non-hydrogen) atoms. The highest BCUT2D eigenvalue weighted by Crippen LogP contribution is 2.16. The van der Waals surface area contributed by atoms with Gasteiger partial charge in [-0.3, -0.25) is 0 Å². The fraction of sp³-hybridized carbons (Fsp3) is 0.250. The second-order valence-corrected chi connectivity index (χ2v) is 7.52. The Morgan fingerprint density at radius 3 is 2.19 bits per heavy atom. The second-order valence-electron chi connectivity index (χ2n) is 5.59. The minimum Gasteiger partial charge on any atom is -0.458 e. The fourth-order valence-corrected chi connectivity index (χ4v) is 3.86. The van der Waals surface area contributed by atoms with Crippen LogP contribution in [0, 0.1) is 0 Å². The molecule has 5 nitrogen and oxygen atoms in total. The average Bonchev–Trinajstić information content (AvgIpc) is 2.66. The van der Waals surface area contributed by atoms with Crippen molar-refractivity contribution in [2.75, 3.05) is 13.1 Å². The zero-order valence-electron chi connectivity index (χ0n) is 15.0. The first-order chi connectivity index (χ1) is 12.5. The Morgan fingerprint density at radius 2 is 1.62 bits per heavy atom. The molecule has 2 rings (SSSR count). The van der Waals surface area contributed by atoms with E-state index < -0.39 is 16.0 Å². The van der Waals surface area contributed by atoms with Crippen molar-refractivity contribution in [1.29, 1.82) is 0 Å². The van der Waals surface area contributed by atoms with Crippen LogP contribution in [0.25, 0.3) is 6.08 Å². The maximum atomic E-state index is 12.4. The SMILES string of the molecule is CCN(CC)S(=O)(=O)c1ccc(/C=C/C(=O)OCc2ccccc2)cc1. The third-order valence-electron chi connectivity index (χ3n) is 3.86. The fourth-order valence-electron chi connectivity index (χ4n) is 2.40. The lowest BCUT2D eigenvalue weighted by atomic mass is 10.2. The molecule has 0 N–H and O–H groups in total. The van der Waals surface area contributed by atoms with Gasteiger partial charge in [-0.15, -0.1) is 0 Å². The largest absolute Gasteiger partial charge is 0.458 e. The Labute approximate surface area is 155 Å². The van der Waals surface area contributed by atoms with Crippen LogP contribution in [0.5, 0.6) is 0 Å². The number of sulfonamides is 1. The van der Waals surface area contributed by atoms with Gasteiger partial charge in [-0.2, -0.15) is 4.31 Å². The molecule has 2 aromatic rings. The Kier molecular flexibility index (Phi) is 7.12. The van der Waals surface area contributed by atoms with E-state index in [4.69, 9.17) is 4.74 Å². The van der Waals surface area contributed by atoms with E-state index in [0.29, 0.717) is 13.1 Å². The van der Waals surface area contributed by atoms with Crippen molar-refractivity contribution >= 4 is 22.1 Å². The van der Waals surface area contributed by atoms with Gasteiger partial charge >= 0.3 is 5.97 Å². The highest BCUT2D eigenvalue weighted by Gasteiger charge is 2.20. The van der Waals surface area contributed by atoms with Gasteiger partial charge in [0, 0.05) is 19.2 Å². The van der Waals surface area contributed by atoms with E-state index >= 15 is 0 Å². The van der Waals surface area contributed by atoms with E-state index in [1.165, 1.54) is 10.4 Å². The van der Waals surface area contributed by atoms with E-state index in [1.54, 1.807) is 44.2 Å². The molecule has 0 bridgehead atoms. The molecule has 6 heteroatoms. The predicted octanol–water partition coefficient (Wildman–Crippen LogP) is 3.47. The summed E-state index contributed by atoms with van der Waals surface area (Å²) < 4.78 is 31.4. The lowest BCUT2D eigenvalue weighted by Gasteiger charge is -2.18. The predicted molar refractivity (Wildman–Crippen MR) is 102 cm³/mol. The molecule has 0 spiro atoms. The number of nitrogens with zero attached hydrogens (tertiary/aromatic N) is 1. The molecule has 0 amide bonds. The third-order valence-corrected chi connectivity index (χ3v) is 5.92. The normalized spacial score (nSPS) is 11.8. The molecule has 2 aromatic carbocycles. The Hall–Kier alpha value is -2.44. The van der Waals surface area contributed by atoms with Gasteiger partial charge in [0.25, 0.3) is 0 Å². The molecule has 0 saturated heterocycles. The van der Waals surface area contributed by atoms with Crippen LogP contribution in [0.15, 0.2) is 65.6 Å². The minimum absolute atomic E-state index is 0.213. The first-order valence-corrected chi connectivity index (χ1v) is 9.90. The average molecular weight is 373 g/mol. The highest BCUT2D eigenvalue weighted by atomic mass is 32.2. The van der Waals surface area contributed by atoms with Crippen molar-refractivity contribution in [3.8, 4) is 0 Å². The lowest BCUT2D eigenvalue weighted by molar-refractivity contribution is -0.138. The second kappa shape index (κ2) is 9.31. The first kappa shape index (κ1) is 19.9. The van der Waals surface area contributed by atoms with Crippen molar-refractivity contribution < 1.29 is 17.9 Å². The van der Waals surface area contributed by atoms with E-state index in [1.807, 2.05) is 30.3 Å². The quantitative estimate of drug-likeness (QED) is 0.525. The smallest absolute Gasteiger partial charge is 0.331 e.